The number of esters is 1. The molecule has 0 bridgehead atoms. The molecule has 2 aromatic carbocycles. The summed E-state index contributed by atoms with van der Waals surface area (Å²) in [5.41, 5.74) is 1.38. The first-order valence-electron chi connectivity index (χ1n) is 9.11. The first-order valence-corrected chi connectivity index (χ1v) is 9.11. The fourth-order valence-corrected chi connectivity index (χ4v) is 2.95. The monoisotopic (exact) mass is 378 g/mol. The van der Waals surface area contributed by atoms with Crippen molar-refractivity contribution >= 4 is 22.8 Å². The van der Waals surface area contributed by atoms with Crippen LogP contribution in [0.5, 0.6) is 0 Å². The summed E-state index contributed by atoms with van der Waals surface area (Å²) in [6.07, 6.45) is -0.978. The molecule has 2 atom stereocenters. The highest BCUT2D eigenvalue weighted by atomic mass is 16.5. The van der Waals surface area contributed by atoms with Gasteiger partial charge in [-0.1, -0.05) is 55.5 Å². The minimum atomic E-state index is -0.978. The van der Waals surface area contributed by atoms with Crippen molar-refractivity contribution < 1.29 is 14.3 Å². The second-order valence-corrected chi connectivity index (χ2v) is 6.70. The number of benzene rings is 2. The molecule has 0 saturated heterocycles. The molecule has 6 nitrogen and oxygen atoms in total. The van der Waals surface area contributed by atoms with Crippen LogP contribution >= 0.6 is 0 Å². The van der Waals surface area contributed by atoms with Gasteiger partial charge in [-0.15, -0.1) is 0 Å². The maximum atomic E-state index is 12.5. The van der Waals surface area contributed by atoms with E-state index in [4.69, 9.17) is 4.74 Å². The van der Waals surface area contributed by atoms with Crippen molar-refractivity contribution in [2.75, 3.05) is 6.54 Å². The largest absolute Gasteiger partial charge is 0.449 e. The predicted octanol–water partition coefficient (Wildman–Crippen LogP) is 2.99. The van der Waals surface area contributed by atoms with E-state index in [1.165, 1.54) is 13.0 Å². The number of hydrogen-bond donors (Lipinski definition) is 2. The SMILES string of the molecule is CC(OC(=O)c1cc(=O)[nH]c2ccccc12)C(=O)NCC(C)c1ccccc1. The van der Waals surface area contributed by atoms with Crippen LogP contribution < -0.4 is 10.9 Å². The second-order valence-electron chi connectivity index (χ2n) is 6.70. The van der Waals surface area contributed by atoms with Crippen molar-refractivity contribution in [1.29, 1.82) is 0 Å². The molecule has 144 valence electrons. The van der Waals surface area contributed by atoms with Gasteiger partial charge in [-0.25, -0.2) is 4.79 Å². The molecule has 2 unspecified atom stereocenters. The Morgan fingerprint density at radius 3 is 2.46 bits per heavy atom. The Hall–Kier alpha value is -3.41. The Morgan fingerprint density at radius 2 is 1.71 bits per heavy atom. The predicted molar refractivity (Wildman–Crippen MR) is 107 cm³/mol. The molecular formula is C22H22N2O4. The van der Waals surface area contributed by atoms with E-state index in [2.05, 4.69) is 10.3 Å². The third-order valence-electron chi connectivity index (χ3n) is 4.57. The Bertz CT molecular complexity index is 1040. The minimum absolute atomic E-state index is 0.129. The lowest BCUT2D eigenvalue weighted by molar-refractivity contribution is -0.129. The van der Waals surface area contributed by atoms with Crippen LogP contribution in [0.1, 0.15) is 35.7 Å². The van der Waals surface area contributed by atoms with Crippen molar-refractivity contribution in [2.45, 2.75) is 25.9 Å². The summed E-state index contributed by atoms with van der Waals surface area (Å²) >= 11 is 0. The van der Waals surface area contributed by atoms with Crippen LogP contribution in [0.3, 0.4) is 0 Å². The normalized spacial score (nSPS) is 12.9. The molecule has 1 amide bonds. The van der Waals surface area contributed by atoms with Gasteiger partial charge in [-0.05, 0) is 24.5 Å². The molecule has 0 saturated carbocycles. The number of fused-ring (bicyclic) bond motifs is 1. The summed E-state index contributed by atoms with van der Waals surface area (Å²) in [4.78, 5) is 39.3. The fraction of sp³-hybridized carbons (Fsp3) is 0.227. The number of carbonyl (C=O) groups is 2. The number of aromatic nitrogens is 1. The maximum absolute atomic E-state index is 12.5. The highest BCUT2D eigenvalue weighted by molar-refractivity contribution is 6.03. The number of rotatable bonds is 6. The highest BCUT2D eigenvalue weighted by Gasteiger charge is 2.21. The molecule has 6 heteroatoms. The Labute approximate surface area is 162 Å². The molecule has 0 aliphatic carbocycles. The maximum Gasteiger partial charge on any atom is 0.339 e. The zero-order valence-corrected chi connectivity index (χ0v) is 15.8. The van der Waals surface area contributed by atoms with Crippen molar-refractivity contribution in [3.05, 3.63) is 82.1 Å². The van der Waals surface area contributed by atoms with Gasteiger partial charge in [-0.3, -0.25) is 9.59 Å². The van der Waals surface area contributed by atoms with Crippen LogP contribution in [0.2, 0.25) is 0 Å². The standard InChI is InChI=1S/C22H22N2O4/c1-14(16-8-4-3-5-9-16)13-23-21(26)15(2)28-22(27)18-12-20(25)24-19-11-7-6-10-17(18)19/h3-12,14-15H,13H2,1-2H3,(H,23,26)(H,24,25). The van der Waals surface area contributed by atoms with E-state index in [-0.39, 0.29) is 17.4 Å². The number of amides is 1. The van der Waals surface area contributed by atoms with Crippen LogP contribution in [0.4, 0.5) is 0 Å². The fourth-order valence-electron chi connectivity index (χ4n) is 2.95. The Balaban J connectivity index is 1.64. The average molecular weight is 378 g/mol. The van der Waals surface area contributed by atoms with E-state index >= 15 is 0 Å². The number of ether oxygens (including phenoxy) is 1. The van der Waals surface area contributed by atoms with E-state index in [0.717, 1.165) is 5.56 Å². The molecule has 0 radical (unpaired) electrons. The van der Waals surface area contributed by atoms with Gasteiger partial charge in [0.2, 0.25) is 5.56 Å². The summed E-state index contributed by atoms with van der Waals surface area (Å²) < 4.78 is 5.30. The molecule has 1 heterocycles. The topological polar surface area (TPSA) is 88.3 Å². The summed E-state index contributed by atoms with van der Waals surface area (Å²) in [6, 6.07) is 18.0. The van der Waals surface area contributed by atoms with Crippen LogP contribution in [-0.2, 0) is 9.53 Å². The smallest absolute Gasteiger partial charge is 0.339 e. The quantitative estimate of drug-likeness (QED) is 0.646. The molecular weight excluding hydrogens is 356 g/mol. The molecule has 0 fully saturated rings. The lowest BCUT2D eigenvalue weighted by atomic mass is 10.0. The highest BCUT2D eigenvalue weighted by Crippen LogP contribution is 2.16. The summed E-state index contributed by atoms with van der Waals surface area (Å²) in [7, 11) is 0. The first-order chi connectivity index (χ1) is 13.5. The molecule has 3 rings (SSSR count). The lowest BCUT2D eigenvalue weighted by Crippen LogP contribution is -2.37. The third kappa shape index (κ3) is 4.46. The number of nitrogens with one attached hydrogen (secondary N) is 2. The zero-order chi connectivity index (χ0) is 20.1. The zero-order valence-electron chi connectivity index (χ0n) is 15.8. The Morgan fingerprint density at radius 1 is 1.04 bits per heavy atom. The van der Waals surface area contributed by atoms with Gasteiger partial charge in [0.1, 0.15) is 0 Å². The number of carbonyl (C=O) groups excluding carboxylic acids is 2. The van der Waals surface area contributed by atoms with Crippen molar-refractivity contribution in [2.24, 2.45) is 0 Å². The molecule has 2 N–H and O–H groups in total. The number of aromatic amines is 1. The van der Waals surface area contributed by atoms with Gasteiger partial charge < -0.3 is 15.0 Å². The summed E-state index contributed by atoms with van der Waals surface area (Å²) in [6.45, 7) is 3.95. The molecule has 0 aliphatic heterocycles. The average Bonchev–Trinajstić information content (AvgIpc) is 2.71. The summed E-state index contributed by atoms with van der Waals surface area (Å²) in [5, 5.41) is 3.37. The van der Waals surface area contributed by atoms with Crippen molar-refractivity contribution in [3.8, 4) is 0 Å². The van der Waals surface area contributed by atoms with Gasteiger partial charge in [-0.2, -0.15) is 0 Å². The van der Waals surface area contributed by atoms with E-state index in [0.29, 0.717) is 17.4 Å². The van der Waals surface area contributed by atoms with E-state index in [1.807, 2.05) is 37.3 Å². The number of para-hydroxylation sites is 1. The lowest BCUT2D eigenvalue weighted by Gasteiger charge is -2.17. The van der Waals surface area contributed by atoms with Gasteiger partial charge >= 0.3 is 5.97 Å². The molecule has 0 aliphatic rings. The van der Waals surface area contributed by atoms with Crippen LogP contribution in [0, 0.1) is 0 Å². The van der Waals surface area contributed by atoms with Crippen LogP contribution in [0.15, 0.2) is 65.5 Å². The van der Waals surface area contributed by atoms with E-state index < -0.39 is 17.6 Å². The van der Waals surface area contributed by atoms with E-state index in [1.54, 1.807) is 24.3 Å². The molecule has 28 heavy (non-hydrogen) atoms. The number of pyridine rings is 1. The minimum Gasteiger partial charge on any atom is -0.449 e. The molecule has 1 aromatic heterocycles. The van der Waals surface area contributed by atoms with Gasteiger partial charge in [0.05, 0.1) is 5.56 Å². The van der Waals surface area contributed by atoms with Crippen LogP contribution in [-0.4, -0.2) is 29.5 Å². The van der Waals surface area contributed by atoms with Gasteiger partial charge in [0.15, 0.2) is 6.10 Å². The Kier molecular flexibility index (Phi) is 5.89. The first kappa shape index (κ1) is 19.4. The second kappa shape index (κ2) is 8.52. The third-order valence-corrected chi connectivity index (χ3v) is 4.57. The molecule has 3 aromatic rings. The summed E-state index contributed by atoms with van der Waals surface area (Å²) in [5.74, 6) is -0.962. The molecule has 0 spiro atoms. The van der Waals surface area contributed by atoms with Gasteiger partial charge in [0, 0.05) is 23.5 Å². The van der Waals surface area contributed by atoms with Crippen LogP contribution in [0.25, 0.3) is 10.9 Å². The van der Waals surface area contributed by atoms with Crippen molar-refractivity contribution in [1.82, 2.24) is 10.3 Å². The number of hydrogen-bond acceptors (Lipinski definition) is 4. The van der Waals surface area contributed by atoms with Crippen molar-refractivity contribution in [3.63, 3.8) is 0 Å². The van der Waals surface area contributed by atoms with Gasteiger partial charge in [0.25, 0.3) is 5.91 Å². The number of H-pyrrole nitrogens is 1. The van der Waals surface area contributed by atoms with E-state index in [9.17, 15) is 14.4 Å².